The van der Waals surface area contributed by atoms with Gasteiger partial charge < -0.3 is 24.6 Å². The first-order valence-electron chi connectivity index (χ1n) is 11.0. The van der Waals surface area contributed by atoms with Gasteiger partial charge in [0.05, 0.1) is 13.2 Å². The molecular formula is C26H41N3O2. The Morgan fingerprint density at radius 2 is 1.06 bits per heavy atom. The summed E-state index contributed by atoms with van der Waals surface area (Å²) in [4.78, 5) is 4.38. The van der Waals surface area contributed by atoms with Crippen molar-refractivity contribution in [3.63, 3.8) is 0 Å². The summed E-state index contributed by atoms with van der Waals surface area (Å²) in [6.45, 7) is 12.2. The molecule has 0 unspecified atom stereocenters. The summed E-state index contributed by atoms with van der Waals surface area (Å²) < 4.78 is 12.2. The molecule has 0 radical (unpaired) electrons. The van der Waals surface area contributed by atoms with Gasteiger partial charge in [0.1, 0.15) is 11.5 Å². The van der Waals surface area contributed by atoms with Crippen LogP contribution in [0.3, 0.4) is 0 Å². The molecule has 172 valence electrons. The van der Waals surface area contributed by atoms with E-state index in [4.69, 9.17) is 9.47 Å². The van der Waals surface area contributed by atoms with Crippen LogP contribution in [0.4, 0.5) is 11.4 Å². The molecule has 0 atom stereocenters. The largest absolute Gasteiger partial charge is 0.493 e. The minimum atomic E-state index is 0.0823. The molecule has 0 saturated carbocycles. The van der Waals surface area contributed by atoms with E-state index in [1.807, 2.05) is 48.5 Å². The summed E-state index contributed by atoms with van der Waals surface area (Å²) in [6.07, 6.45) is 0. The maximum Gasteiger partial charge on any atom is 0.121 e. The predicted molar refractivity (Wildman–Crippen MR) is 132 cm³/mol. The zero-order chi connectivity index (χ0) is 23.1. The summed E-state index contributed by atoms with van der Waals surface area (Å²) in [5.41, 5.74) is 2.15. The molecule has 5 nitrogen and oxygen atoms in total. The molecule has 31 heavy (non-hydrogen) atoms. The number of benzene rings is 2. The van der Waals surface area contributed by atoms with Gasteiger partial charge in [0.2, 0.25) is 0 Å². The Morgan fingerprint density at radius 3 is 1.42 bits per heavy atom. The highest BCUT2D eigenvalue weighted by Crippen LogP contribution is 2.27. The lowest BCUT2D eigenvalue weighted by Crippen LogP contribution is -2.33. The summed E-state index contributed by atoms with van der Waals surface area (Å²) >= 11 is 0. The topological polar surface area (TPSA) is 37.0 Å². The van der Waals surface area contributed by atoms with Gasteiger partial charge in [0, 0.05) is 47.4 Å². The number of nitrogens with one attached hydrogen (secondary N) is 1. The smallest absolute Gasteiger partial charge is 0.121 e. The predicted octanol–water partition coefficient (Wildman–Crippen LogP) is 5.36. The van der Waals surface area contributed by atoms with Crippen LogP contribution in [0.2, 0.25) is 0 Å². The number of hydrogen-bond acceptors (Lipinski definition) is 5. The molecule has 0 aliphatic rings. The Labute approximate surface area is 189 Å². The quantitative estimate of drug-likeness (QED) is 0.493. The molecule has 2 aromatic rings. The van der Waals surface area contributed by atoms with Gasteiger partial charge in [-0.3, -0.25) is 0 Å². The van der Waals surface area contributed by atoms with E-state index >= 15 is 0 Å². The summed E-state index contributed by atoms with van der Waals surface area (Å²) in [7, 11) is 8.36. The average Bonchev–Trinajstić information content (AvgIpc) is 2.64. The molecular weight excluding hydrogens is 386 g/mol. The van der Waals surface area contributed by atoms with Crippen LogP contribution in [0.1, 0.15) is 27.7 Å². The fraction of sp³-hybridized carbons (Fsp3) is 0.538. The van der Waals surface area contributed by atoms with Crippen molar-refractivity contribution in [1.82, 2.24) is 9.80 Å². The molecule has 1 N–H and O–H groups in total. The lowest BCUT2D eigenvalue weighted by Gasteiger charge is -2.28. The van der Waals surface area contributed by atoms with Gasteiger partial charge in [-0.15, -0.1) is 0 Å². The summed E-state index contributed by atoms with van der Waals surface area (Å²) in [5.74, 6) is 1.74. The molecule has 0 saturated heterocycles. The normalized spacial score (nSPS) is 12.3. The molecule has 0 fully saturated rings. The molecule has 2 aromatic carbocycles. The molecule has 0 aromatic heterocycles. The minimum Gasteiger partial charge on any atom is -0.493 e. The highest BCUT2D eigenvalue weighted by atomic mass is 16.5. The van der Waals surface area contributed by atoms with E-state index in [0.717, 1.165) is 36.0 Å². The number of anilines is 2. The highest BCUT2D eigenvalue weighted by Gasteiger charge is 2.21. The number of ether oxygens (including phenoxy) is 2. The fourth-order valence-corrected chi connectivity index (χ4v) is 3.85. The van der Waals surface area contributed by atoms with Gasteiger partial charge >= 0.3 is 0 Å². The molecule has 0 spiro atoms. The van der Waals surface area contributed by atoms with Crippen molar-refractivity contribution in [1.29, 1.82) is 0 Å². The van der Waals surface area contributed by atoms with Crippen LogP contribution in [0.15, 0.2) is 48.5 Å². The Kier molecular flexibility index (Phi) is 8.78. The maximum atomic E-state index is 6.09. The first-order chi connectivity index (χ1) is 14.4. The summed E-state index contributed by atoms with van der Waals surface area (Å²) in [5, 5.41) is 3.47. The van der Waals surface area contributed by atoms with E-state index in [2.05, 4.69) is 71.0 Å². The van der Waals surface area contributed by atoms with Crippen molar-refractivity contribution >= 4 is 11.4 Å². The van der Waals surface area contributed by atoms with Gasteiger partial charge in [-0.1, -0.05) is 39.8 Å². The Bertz CT molecular complexity index is 748. The van der Waals surface area contributed by atoms with Crippen LogP contribution >= 0.6 is 0 Å². The number of nitrogens with zero attached hydrogens (tertiary/aromatic N) is 2. The number of rotatable bonds is 12. The molecule has 0 bridgehead atoms. The van der Waals surface area contributed by atoms with E-state index in [0.29, 0.717) is 13.2 Å². The molecule has 0 aliphatic heterocycles. The van der Waals surface area contributed by atoms with E-state index in [-0.39, 0.29) is 10.8 Å². The third kappa shape index (κ3) is 9.62. The second kappa shape index (κ2) is 10.9. The van der Waals surface area contributed by atoms with Crippen molar-refractivity contribution in [2.45, 2.75) is 27.7 Å². The minimum absolute atomic E-state index is 0.0823. The zero-order valence-electron chi connectivity index (χ0n) is 20.7. The van der Waals surface area contributed by atoms with Crippen molar-refractivity contribution < 1.29 is 9.47 Å². The van der Waals surface area contributed by atoms with Crippen LogP contribution < -0.4 is 14.8 Å². The van der Waals surface area contributed by atoms with Crippen molar-refractivity contribution in [2.24, 2.45) is 10.8 Å². The first-order valence-corrected chi connectivity index (χ1v) is 11.0. The molecule has 2 rings (SSSR count). The van der Waals surface area contributed by atoms with Crippen molar-refractivity contribution in [3.8, 4) is 11.5 Å². The van der Waals surface area contributed by atoms with Gasteiger partial charge in [-0.2, -0.15) is 0 Å². The molecule has 0 aliphatic carbocycles. The Balaban J connectivity index is 1.97. The van der Waals surface area contributed by atoms with E-state index < -0.39 is 0 Å². The van der Waals surface area contributed by atoms with Crippen LogP contribution in [-0.2, 0) is 0 Å². The SMILES string of the molecule is CN(C)CC(C)(C)COc1cccc(Nc2cccc(OCC(C)(C)CN(C)C)c2)c1. The standard InChI is InChI=1S/C26H41N3O2/c1-25(2,17-28(5)6)19-30-23-13-9-11-21(15-23)27-22-12-10-14-24(16-22)31-20-26(3,4)18-29(7)8/h9-16,27H,17-20H2,1-8H3. The third-order valence-corrected chi connectivity index (χ3v) is 4.70. The highest BCUT2D eigenvalue weighted by molar-refractivity contribution is 5.62. The van der Waals surface area contributed by atoms with Crippen LogP contribution in [-0.4, -0.2) is 64.3 Å². The van der Waals surface area contributed by atoms with Crippen LogP contribution in [0, 0.1) is 10.8 Å². The third-order valence-electron chi connectivity index (χ3n) is 4.70. The van der Waals surface area contributed by atoms with E-state index in [1.54, 1.807) is 0 Å². The molecule has 5 heteroatoms. The Morgan fingerprint density at radius 1 is 0.677 bits per heavy atom. The van der Waals surface area contributed by atoms with Gasteiger partial charge in [0.25, 0.3) is 0 Å². The monoisotopic (exact) mass is 427 g/mol. The van der Waals surface area contributed by atoms with Gasteiger partial charge in [-0.05, 0) is 52.5 Å². The first kappa shape index (κ1) is 25.0. The van der Waals surface area contributed by atoms with Crippen molar-refractivity contribution in [2.75, 3.05) is 59.8 Å². The van der Waals surface area contributed by atoms with Crippen LogP contribution in [0.5, 0.6) is 11.5 Å². The van der Waals surface area contributed by atoms with Crippen molar-refractivity contribution in [3.05, 3.63) is 48.5 Å². The molecule has 0 heterocycles. The second-order valence-corrected chi connectivity index (χ2v) is 10.6. The van der Waals surface area contributed by atoms with Crippen LogP contribution in [0.25, 0.3) is 0 Å². The Hall–Kier alpha value is -2.24. The average molecular weight is 428 g/mol. The lowest BCUT2D eigenvalue weighted by atomic mass is 9.94. The van der Waals surface area contributed by atoms with Gasteiger partial charge in [-0.25, -0.2) is 0 Å². The number of hydrogen-bond donors (Lipinski definition) is 1. The fourth-order valence-electron chi connectivity index (χ4n) is 3.85. The maximum absolute atomic E-state index is 6.09. The lowest BCUT2D eigenvalue weighted by molar-refractivity contribution is 0.141. The van der Waals surface area contributed by atoms with E-state index in [9.17, 15) is 0 Å². The molecule has 0 amide bonds. The van der Waals surface area contributed by atoms with Gasteiger partial charge in [0.15, 0.2) is 0 Å². The van der Waals surface area contributed by atoms with E-state index in [1.165, 1.54) is 0 Å². The summed E-state index contributed by atoms with van der Waals surface area (Å²) in [6, 6.07) is 16.2. The second-order valence-electron chi connectivity index (χ2n) is 10.6. The zero-order valence-corrected chi connectivity index (χ0v) is 20.7.